The zero-order chi connectivity index (χ0) is 15.1. The number of thioether (sulfide) groups is 1. The van der Waals surface area contributed by atoms with E-state index in [0.717, 1.165) is 10.4 Å². The molecule has 0 saturated carbocycles. The zero-order valence-electron chi connectivity index (χ0n) is 11.3. The Kier molecular flexibility index (Phi) is 5.95. The lowest BCUT2D eigenvalue weighted by Gasteiger charge is -2.09. The van der Waals surface area contributed by atoms with E-state index in [9.17, 15) is 14.9 Å². The van der Waals surface area contributed by atoms with Gasteiger partial charge in [0.05, 0.1) is 5.92 Å². The predicted octanol–water partition coefficient (Wildman–Crippen LogP) is 3.96. The molecule has 0 N–H and O–H groups in total. The highest BCUT2D eigenvalue weighted by molar-refractivity contribution is 8.12. The van der Waals surface area contributed by atoms with Crippen LogP contribution >= 0.6 is 23.1 Å². The molecule has 0 unspecified atom stereocenters. The van der Waals surface area contributed by atoms with E-state index < -0.39 is 0 Å². The van der Waals surface area contributed by atoms with Crippen LogP contribution < -0.4 is 0 Å². The lowest BCUT2D eigenvalue weighted by molar-refractivity contribution is -0.483. The van der Waals surface area contributed by atoms with Gasteiger partial charge in [0.2, 0.25) is 6.54 Å². The van der Waals surface area contributed by atoms with E-state index >= 15 is 0 Å². The van der Waals surface area contributed by atoms with Crippen LogP contribution in [0.15, 0.2) is 47.8 Å². The smallest absolute Gasteiger partial charge is 0.211 e. The zero-order valence-corrected chi connectivity index (χ0v) is 12.9. The number of nitro groups is 1. The van der Waals surface area contributed by atoms with Gasteiger partial charge in [-0.25, -0.2) is 0 Å². The van der Waals surface area contributed by atoms with Crippen LogP contribution in [-0.4, -0.2) is 16.6 Å². The topological polar surface area (TPSA) is 60.2 Å². The van der Waals surface area contributed by atoms with E-state index in [2.05, 4.69) is 0 Å². The van der Waals surface area contributed by atoms with Crippen molar-refractivity contribution in [2.45, 2.75) is 18.1 Å². The normalized spacial score (nSPS) is 12.0. The molecule has 4 nitrogen and oxygen atoms in total. The molecule has 6 heteroatoms. The van der Waals surface area contributed by atoms with Crippen LogP contribution in [0, 0.1) is 10.1 Å². The number of hydrogen-bond acceptors (Lipinski definition) is 5. The Bertz CT molecular complexity index is 584. The average molecular weight is 321 g/mol. The molecular weight excluding hydrogens is 306 g/mol. The Morgan fingerprint density at radius 1 is 1.24 bits per heavy atom. The Balaban J connectivity index is 1.90. The van der Waals surface area contributed by atoms with Crippen molar-refractivity contribution in [3.8, 4) is 0 Å². The monoisotopic (exact) mass is 321 g/mol. The fourth-order valence-corrected chi connectivity index (χ4v) is 3.62. The van der Waals surface area contributed by atoms with E-state index in [1.165, 1.54) is 23.1 Å². The predicted molar refractivity (Wildman–Crippen MR) is 86.3 cm³/mol. The van der Waals surface area contributed by atoms with Gasteiger partial charge in [-0.15, -0.1) is 11.3 Å². The van der Waals surface area contributed by atoms with Crippen molar-refractivity contribution >= 4 is 28.2 Å². The summed E-state index contributed by atoms with van der Waals surface area (Å²) in [6, 6.07) is 13.4. The summed E-state index contributed by atoms with van der Waals surface area (Å²) >= 11 is 2.69. The first kappa shape index (κ1) is 15.7. The van der Waals surface area contributed by atoms with Crippen molar-refractivity contribution in [2.24, 2.45) is 0 Å². The lowest BCUT2D eigenvalue weighted by atomic mass is 10.1. The van der Waals surface area contributed by atoms with Gasteiger partial charge in [-0.1, -0.05) is 48.2 Å². The maximum absolute atomic E-state index is 12.0. The molecule has 0 aliphatic carbocycles. The number of thiophene rings is 1. The largest absolute Gasteiger partial charge is 0.287 e. The van der Waals surface area contributed by atoms with Crippen molar-refractivity contribution in [1.82, 2.24) is 0 Å². The molecule has 0 spiro atoms. The van der Waals surface area contributed by atoms with Crippen LogP contribution in [0.5, 0.6) is 0 Å². The fourth-order valence-electron chi connectivity index (χ4n) is 1.96. The van der Waals surface area contributed by atoms with Crippen LogP contribution in [0.25, 0.3) is 0 Å². The van der Waals surface area contributed by atoms with Crippen molar-refractivity contribution in [3.05, 3.63) is 68.4 Å². The van der Waals surface area contributed by atoms with Gasteiger partial charge in [0.1, 0.15) is 0 Å². The molecule has 2 aromatic rings. The second-order valence-electron chi connectivity index (χ2n) is 4.58. The van der Waals surface area contributed by atoms with Gasteiger partial charge in [0.15, 0.2) is 5.12 Å². The van der Waals surface area contributed by atoms with Crippen molar-refractivity contribution < 1.29 is 9.72 Å². The minimum absolute atomic E-state index is 0.000830. The Hall–Kier alpha value is -1.66. The summed E-state index contributed by atoms with van der Waals surface area (Å²) in [5, 5.41) is 12.6. The van der Waals surface area contributed by atoms with Gasteiger partial charge in [-0.2, -0.15) is 0 Å². The molecule has 1 atom stereocenters. The molecule has 0 amide bonds. The Labute approximate surface area is 131 Å². The fraction of sp³-hybridized carbons (Fsp3) is 0.267. The van der Waals surface area contributed by atoms with Gasteiger partial charge in [-0.05, 0) is 17.0 Å². The highest BCUT2D eigenvalue weighted by Gasteiger charge is 2.22. The highest BCUT2D eigenvalue weighted by atomic mass is 32.2. The third kappa shape index (κ3) is 5.32. The molecule has 0 radical (unpaired) electrons. The summed E-state index contributed by atoms with van der Waals surface area (Å²) in [4.78, 5) is 23.4. The van der Waals surface area contributed by atoms with E-state index in [-0.39, 0.29) is 28.9 Å². The molecule has 110 valence electrons. The van der Waals surface area contributed by atoms with Crippen LogP contribution in [-0.2, 0) is 10.5 Å². The molecule has 1 aromatic heterocycles. The van der Waals surface area contributed by atoms with E-state index in [1.807, 2.05) is 47.8 Å². The van der Waals surface area contributed by atoms with Crippen molar-refractivity contribution in [2.75, 3.05) is 6.54 Å². The number of carbonyl (C=O) groups is 1. The number of benzene rings is 1. The first-order valence-corrected chi connectivity index (χ1v) is 8.36. The van der Waals surface area contributed by atoms with Gasteiger partial charge in [-0.3, -0.25) is 14.9 Å². The molecule has 0 saturated heterocycles. The molecule has 0 fully saturated rings. The van der Waals surface area contributed by atoms with Crippen molar-refractivity contribution in [1.29, 1.82) is 0 Å². The number of carbonyl (C=O) groups excluding carboxylic acids is 1. The van der Waals surface area contributed by atoms with E-state index in [1.54, 1.807) is 0 Å². The van der Waals surface area contributed by atoms with E-state index in [4.69, 9.17) is 0 Å². The molecule has 21 heavy (non-hydrogen) atoms. The van der Waals surface area contributed by atoms with Gasteiger partial charge < -0.3 is 0 Å². The molecule has 0 aliphatic rings. The Morgan fingerprint density at radius 2 is 2.00 bits per heavy atom. The molecule has 0 aliphatic heterocycles. The summed E-state index contributed by atoms with van der Waals surface area (Å²) in [6.07, 6.45) is 0.207. The quantitative estimate of drug-likeness (QED) is 0.572. The standard InChI is InChI=1S/C15H15NO3S2/c17-15(21-11-12-5-2-1-3-6-12)9-13(10-16(18)19)14-7-4-8-20-14/h1-8,13H,9-11H2/t13-/m1/s1. The first-order valence-electron chi connectivity index (χ1n) is 6.50. The minimum Gasteiger partial charge on any atom is -0.287 e. The average Bonchev–Trinajstić information content (AvgIpc) is 2.99. The highest BCUT2D eigenvalue weighted by Crippen LogP contribution is 2.27. The Morgan fingerprint density at radius 3 is 2.62 bits per heavy atom. The number of hydrogen-bond donors (Lipinski definition) is 0. The maximum atomic E-state index is 12.0. The molecule has 1 aromatic carbocycles. The SMILES string of the molecule is O=C(C[C@H](C[N+](=O)[O-])c1cccs1)SCc1ccccc1. The minimum atomic E-state index is -0.348. The van der Waals surface area contributed by atoms with E-state index in [0.29, 0.717) is 5.75 Å². The summed E-state index contributed by atoms with van der Waals surface area (Å²) in [5.41, 5.74) is 1.08. The summed E-state index contributed by atoms with van der Waals surface area (Å²) < 4.78 is 0. The second kappa shape index (κ2) is 7.95. The van der Waals surface area contributed by atoms with Gasteiger partial charge >= 0.3 is 0 Å². The lowest BCUT2D eigenvalue weighted by Crippen LogP contribution is -2.14. The van der Waals surface area contributed by atoms with Crippen LogP contribution in [0.3, 0.4) is 0 Å². The van der Waals surface area contributed by atoms with Crippen LogP contribution in [0.1, 0.15) is 22.8 Å². The molecule has 0 bridgehead atoms. The molecule has 1 heterocycles. The van der Waals surface area contributed by atoms with Crippen LogP contribution in [0.2, 0.25) is 0 Å². The van der Waals surface area contributed by atoms with Gasteiger partial charge in [0, 0.05) is 22.0 Å². The molecule has 2 rings (SSSR count). The van der Waals surface area contributed by atoms with Crippen LogP contribution in [0.4, 0.5) is 0 Å². The third-order valence-electron chi connectivity index (χ3n) is 2.97. The summed E-state index contributed by atoms with van der Waals surface area (Å²) in [6.45, 7) is -0.196. The molecular formula is C15H15NO3S2. The number of nitrogens with zero attached hydrogens (tertiary/aromatic N) is 1. The number of rotatable bonds is 7. The summed E-state index contributed by atoms with van der Waals surface area (Å²) in [5.74, 6) is 0.283. The maximum Gasteiger partial charge on any atom is 0.211 e. The van der Waals surface area contributed by atoms with Gasteiger partial charge in [0.25, 0.3) is 0 Å². The third-order valence-corrected chi connectivity index (χ3v) is 4.97. The summed E-state index contributed by atoms with van der Waals surface area (Å²) in [7, 11) is 0. The second-order valence-corrected chi connectivity index (χ2v) is 6.59. The first-order chi connectivity index (χ1) is 10.1. The van der Waals surface area contributed by atoms with Crippen molar-refractivity contribution in [3.63, 3.8) is 0 Å².